The van der Waals surface area contributed by atoms with Crippen LogP contribution in [0.3, 0.4) is 0 Å². The van der Waals surface area contributed by atoms with Gasteiger partial charge < -0.3 is 5.32 Å². The zero-order chi connectivity index (χ0) is 13.0. The normalized spacial score (nSPS) is 17.8. The summed E-state index contributed by atoms with van der Waals surface area (Å²) in [6, 6.07) is 7.38. The molecule has 100 valence electrons. The van der Waals surface area contributed by atoms with Crippen LogP contribution in [0.5, 0.6) is 0 Å². The van der Waals surface area contributed by atoms with E-state index in [4.69, 9.17) is 11.6 Å². The molecular formula is C13H18ClNO2S. The number of aryl methyl sites for hydroxylation is 1. The molecular weight excluding hydrogens is 270 g/mol. The van der Waals surface area contributed by atoms with E-state index in [2.05, 4.69) is 5.32 Å². The molecule has 18 heavy (non-hydrogen) atoms. The first kappa shape index (κ1) is 13.8. The number of hydrogen-bond acceptors (Lipinski definition) is 3. The van der Waals surface area contributed by atoms with Gasteiger partial charge in [-0.05, 0) is 50.0 Å². The monoisotopic (exact) mass is 287 g/mol. The van der Waals surface area contributed by atoms with Crippen LogP contribution < -0.4 is 5.32 Å². The Morgan fingerprint density at radius 1 is 1.17 bits per heavy atom. The van der Waals surface area contributed by atoms with Gasteiger partial charge in [-0.2, -0.15) is 0 Å². The van der Waals surface area contributed by atoms with Crippen LogP contribution in [-0.4, -0.2) is 32.5 Å². The summed E-state index contributed by atoms with van der Waals surface area (Å²) < 4.78 is 24.3. The van der Waals surface area contributed by atoms with Crippen molar-refractivity contribution in [1.29, 1.82) is 0 Å². The van der Waals surface area contributed by atoms with Crippen molar-refractivity contribution >= 4 is 21.4 Å². The van der Waals surface area contributed by atoms with E-state index < -0.39 is 9.84 Å². The molecule has 2 rings (SSSR count). The summed E-state index contributed by atoms with van der Waals surface area (Å²) in [6.45, 7) is 1.62. The van der Waals surface area contributed by atoms with E-state index in [0.717, 1.165) is 31.5 Å². The molecule has 1 aliphatic rings. The van der Waals surface area contributed by atoms with Gasteiger partial charge in [0.25, 0.3) is 0 Å². The highest BCUT2D eigenvalue weighted by atomic mass is 35.5. The summed E-state index contributed by atoms with van der Waals surface area (Å²) >= 11 is 5.80. The quantitative estimate of drug-likeness (QED) is 0.922. The molecule has 1 heterocycles. The number of sulfone groups is 1. The van der Waals surface area contributed by atoms with Gasteiger partial charge in [0.15, 0.2) is 9.84 Å². The van der Waals surface area contributed by atoms with Crippen LogP contribution in [0.25, 0.3) is 0 Å². The third kappa shape index (κ3) is 3.70. The first-order valence-corrected chi connectivity index (χ1v) is 8.34. The lowest BCUT2D eigenvalue weighted by Gasteiger charge is -2.22. The van der Waals surface area contributed by atoms with Gasteiger partial charge in [-0.25, -0.2) is 8.42 Å². The summed E-state index contributed by atoms with van der Waals surface area (Å²) in [7, 11) is -2.96. The van der Waals surface area contributed by atoms with Gasteiger partial charge >= 0.3 is 0 Å². The highest BCUT2D eigenvalue weighted by Gasteiger charge is 2.26. The molecule has 0 amide bonds. The molecule has 0 unspecified atom stereocenters. The van der Waals surface area contributed by atoms with Crippen molar-refractivity contribution in [1.82, 2.24) is 5.32 Å². The van der Waals surface area contributed by atoms with E-state index in [0.29, 0.717) is 11.4 Å². The predicted octanol–water partition coefficient (Wildman–Crippen LogP) is 2.05. The fourth-order valence-corrected chi connectivity index (χ4v) is 4.17. The lowest BCUT2D eigenvalue weighted by atomic mass is 10.2. The molecule has 0 aromatic heterocycles. The van der Waals surface area contributed by atoms with Gasteiger partial charge in [0.2, 0.25) is 0 Å². The van der Waals surface area contributed by atoms with Crippen molar-refractivity contribution in [3.63, 3.8) is 0 Å². The van der Waals surface area contributed by atoms with E-state index in [1.165, 1.54) is 0 Å². The Kier molecular flexibility index (Phi) is 4.65. The fourth-order valence-electron chi connectivity index (χ4n) is 2.23. The van der Waals surface area contributed by atoms with Crippen LogP contribution in [-0.2, 0) is 16.3 Å². The highest BCUT2D eigenvalue weighted by molar-refractivity contribution is 7.92. The van der Waals surface area contributed by atoms with Gasteiger partial charge in [0, 0.05) is 5.02 Å². The van der Waals surface area contributed by atoms with Crippen LogP contribution in [0.2, 0.25) is 5.02 Å². The molecule has 0 aliphatic carbocycles. The Morgan fingerprint density at radius 3 is 2.39 bits per heavy atom. The van der Waals surface area contributed by atoms with Crippen molar-refractivity contribution < 1.29 is 8.42 Å². The Balaban J connectivity index is 1.94. The molecule has 1 aliphatic heterocycles. The Morgan fingerprint density at radius 2 is 1.78 bits per heavy atom. The molecule has 3 nitrogen and oxygen atoms in total. The first-order chi connectivity index (χ1) is 8.58. The maximum Gasteiger partial charge on any atom is 0.153 e. The molecule has 1 fully saturated rings. The SMILES string of the molecule is O=S(=O)(CCc1ccc(Cl)cc1)C1CCNCC1. The Bertz CT molecular complexity index is 478. The van der Waals surface area contributed by atoms with Crippen molar-refractivity contribution in [2.45, 2.75) is 24.5 Å². The van der Waals surface area contributed by atoms with Gasteiger partial charge in [-0.1, -0.05) is 23.7 Å². The second-order valence-electron chi connectivity index (χ2n) is 4.69. The summed E-state index contributed by atoms with van der Waals surface area (Å²) in [4.78, 5) is 0. The standard InChI is InChI=1S/C13H18ClNO2S/c14-12-3-1-11(2-4-12)7-10-18(16,17)13-5-8-15-9-6-13/h1-4,13,15H,5-10H2. The minimum atomic E-state index is -2.96. The van der Waals surface area contributed by atoms with Gasteiger partial charge in [-0.3, -0.25) is 0 Å². The average Bonchev–Trinajstić information content (AvgIpc) is 2.39. The maximum absolute atomic E-state index is 12.2. The molecule has 1 saturated heterocycles. The average molecular weight is 288 g/mol. The van der Waals surface area contributed by atoms with Crippen LogP contribution in [0.4, 0.5) is 0 Å². The topological polar surface area (TPSA) is 46.2 Å². The minimum Gasteiger partial charge on any atom is -0.317 e. The number of benzene rings is 1. The summed E-state index contributed by atoms with van der Waals surface area (Å²) in [5.41, 5.74) is 1.02. The second-order valence-corrected chi connectivity index (χ2v) is 7.53. The Labute approximate surface area is 113 Å². The van der Waals surface area contributed by atoms with Crippen molar-refractivity contribution in [2.75, 3.05) is 18.8 Å². The molecule has 1 aromatic carbocycles. The summed E-state index contributed by atoms with van der Waals surface area (Å²) in [6.07, 6.45) is 2.05. The van der Waals surface area contributed by atoms with E-state index in [1.54, 1.807) is 12.1 Å². The van der Waals surface area contributed by atoms with Crippen LogP contribution in [0.15, 0.2) is 24.3 Å². The third-order valence-electron chi connectivity index (χ3n) is 3.38. The highest BCUT2D eigenvalue weighted by Crippen LogP contribution is 2.16. The van der Waals surface area contributed by atoms with Gasteiger partial charge in [-0.15, -0.1) is 0 Å². The molecule has 0 spiro atoms. The number of hydrogen-bond donors (Lipinski definition) is 1. The fraction of sp³-hybridized carbons (Fsp3) is 0.538. The molecule has 0 atom stereocenters. The van der Waals surface area contributed by atoms with Crippen molar-refractivity contribution in [3.8, 4) is 0 Å². The predicted molar refractivity (Wildman–Crippen MR) is 74.8 cm³/mol. The van der Waals surface area contributed by atoms with E-state index in [-0.39, 0.29) is 11.0 Å². The molecule has 1 N–H and O–H groups in total. The molecule has 0 bridgehead atoms. The summed E-state index contributed by atoms with van der Waals surface area (Å²) in [5, 5.41) is 3.71. The van der Waals surface area contributed by atoms with Crippen LogP contribution in [0.1, 0.15) is 18.4 Å². The zero-order valence-electron chi connectivity index (χ0n) is 10.2. The summed E-state index contributed by atoms with van der Waals surface area (Å²) in [5.74, 6) is 0.235. The number of piperidine rings is 1. The molecule has 0 saturated carbocycles. The molecule has 5 heteroatoms. The smallest absolute Gasteiger partial charge is 0.153 e. The van der Waals surface area contributed by atoms with E-state index >= 15 is 0 Å². The van der Waals surface area contributed by atoms with Crippen LogP contribution in [0, 0.1) is 0 Å². The first-order valence-electron chi connectivity index (χ1n) is 6.25. The number of nitrogens with one attached hydrogen (secondary N) is 1. The maximum atomic E-state index is 12.2. The zero-order valence-corrected chi connectivity index (χ0v) is 11.8. The Hall–Kier alpha value is -0.580. The largest absolute Gasteiger partial charge is 0.317 e. The molecule has 1 aromatic rings. The minimum absolute atomic E-state index is 0.161. The number of halogens is 1. The lowest BCUT2D eigenvalue weighted by molar-refractivity contribution is 0.496. The van der Waals surface area contributed by atoms with Crippen LogP contribution >= 0.6 is 11.6 Å². The van der Waals surface area contributed by atoms with E-state index in [9.17, 15) is 8.42 Å². The second kappa shape index (κ2) is 6.04. The van der Waals surface area contributed by atoms with Crippen molar-refractivity contribution in [3.05, 3.63) is 34.9 Å². The lowest BCUT2D eigenvalue weighted by Crippen LogP contribution is -2.37. The third-order valence-corrected chi connectivity index (χ3v) is 5.89. The van der Waals surface area contributed by atoms with E-state index in [1.807, 2.05) is 12.1 Å². The van der Waals surface area contributed by atoms with Gasteiger partial charge in [0.05, 0.1) is 11.0 Å². The van der Waals surface area contributed by atoms with Crippen molar-refractivity contribution in [2.24, 2.45) is 0 Å². The van der Waals surface area contributed by atoms with Gasteiger partial charge in [0.1, 0.15) is 0 Å². The number of rotatable bonds is 4. The molecule has 0 radical (unpaired) electrons.